The highest BCUT2D eigenvalue weighted by molar-refractivity contribution is 7.08. The maximum atomic E-state index is 12.0. The van der Waals surface area contributed by atoms with Gasteiger partial charge in [0, 0.05) is 30.1 Å². The molecule has 2 aliphatic heterocycles. The molecule has 0 bridgehead atoms. The predicted molar refractivity (Wildman–Crippen MR) is 71.0 cm³/mol. The molecule has 3 heterocycles. The highest BCUT2D eigenvalue weighted by atomic mass is 32.1. The van der Waals surface area contributed by atoms with Crippen LogP contribution in [-0.4, -0.2) is 37.2 Å². The van der Waals surface area contributed by atoms with Crippen LogP contribution >= 0.6 is 11.3 Å². The summed E-state index contributed by atoms with van der Waals surface area (Å²) in [5.74, 6) is 0.0456. The van der Waals surface area contributed by atoms with Crippen molar-refractivity contribution in [1.29, 1.82) is 0 Å². The summed E-state index contributed by atoms with van der Waals surface area (Å²) in [5.41, 5.74) is 0.732. The molecule has 2 aliphatic rings. The summed E-state index contributed by atoms with van der Waals surface area (Å²) in [6, 6.07) is 2.11. The molecule has 18 heavy (non-hydrogen) atoms. The summed E-state index contributed by atoms with van der Waals surface area (Å²) >= 11 is 1.55. The Hall–Kier alpha value is -0.910. The topological polar surface area (TPSA) is 50.4 Å². The molecular formula is C13H18N2O2S. The highest BCUT2D eigenvalue weighted by Gasteiger charge is 2.40. The quantitative estimate of drug-likeness (QED) is 0.850. The monoisotopic (exact) mass is 266 g/mol. The van der Waals surface area contributed by atoms with E-state index in [0.717, 1.165) is 44.5 Å². The molecular weight excluding hydrogens is 248 g/mol. The van der Waals surface area contributed by atoms with Crippen LogP contribution < -0.4 is 10.6 Å². The van der Waals surface area contributed by atoms with Gasteiger partial charge in [-0.2, -0.15) is 11.3 Å². The summed E-state index contributed by atoms with van der Waals surface area (Å²) < 4.78 is 5.92. The second kappa shape index (κ2) is 4.99. The molecule has 2 fully saturated rings. The van der Waals surface area contributed by atoms with Crippen LogP contribution in [0.5, 0.6) is 0 Å². The molecule has 1 spiro atoms. The lowest BCUT2D eigenvalue weighted by atomic mass is 9.89. The fourth-order valence-corrected chi connectivity index (χ4v) is 3.47. The maximum absolute atomic E-state index is 12.0. The highest BCUT2D eigenvalue weighted by Crippen LogP contribution is 2.30. The second-order valence-corrected chi connectivity index (χ2v) is 5.91. The third-order valence-electron chi connectivity index (χ3n) is 3.82. The van der Waals surface area contributed by atoms with Gasteiger partial charge in [-0.15, -0.1) is 0 Å². The zero-order chi connectivity index (χ0) is 12.4. The number of ether oxygens (including phenoxy) is 1. The van der Waals surface area contributed by atoms with E-state index < -0.39 is 0 Å². The third kappa shape index (κ3) is 2.43. The van der Waals surface area contributed by atoms with Gasteiger partial charge >= 0.3 is 0 Å². The molecule has 0 aromatic carbocycles. The van der Waals surface area contributed by atoms with Gasteiger partial charge in [0.2, 0.25) is 0 Å². The zero-order valence-electron chi connectivity index (χ0n) is 10.3. The van der Waals surface area contributed by atoms with E-state index >= 15 is 0 Å². The van der Waals surface area contributed by atoms with Crippen LogP contribution in [0.4, 0.5) is 0 Å². The molecule has 2 N–H and O–H groups in total. The minimum atomic E-state index is -0.0369. The zero-order valence-corrected chi connectivity index (χ0v) is 11.1. The summed E-state index contributed by atoms with van der Waals surface area (Å²) in [7, 11) is 0. The van der Waals surface area contributed by atoms with Gasteiger partial charge < -0.3 is 15.4 Å². The van der Waals surface area contributed by atoms with Crippen LogP contribution in [0, 0.1) is 0 Å². The Balaban J connectivity index is 1.61. The molecule has 0 radical (unpaired) electrons. The molecule has 3 rings (SSSR count). The molecule has 5 heteroatoms. The van der Waals surface area contributed by atoms with Gasteiger partial charge in [0.1, 0.15) is 0 Å². The first-order chi connectivity index (χ1) is 8.77. The van der Waals surface area contributed by atoms with Crippen LogP contribution in [0.3, 0.4) is 0 Å². The number of hydrogen-bond donors (Lipinski definition) is 2. The Kier molecular flexibility index (Phi) is 3.37. The molecule has 4 nitrogen and oxygen atoms in total. The number of amides is 1. The average molecular weight is 266 g/mol. The molecule has 98 valence electrons. The molecule has 1 amide bonds. The van der Waals surface area contributed by atoms with Gasteiger partial charge in [-0.05, 0) is 37.3 Å². The number of carbonyl (C=O) groups excluding carboxylic acids is 1. The van der Waals surface area contributed by atoms with Crippen molar-refractivity contribution in [1.82, 2.24) is 10.6 Å². The number of nitrogens with one attached hydrogen (secondary N) is 2. The Labute approximate surface area is 111 Å². The molecule has 2 atom stereocenters. The van der Waals surface area contributed by atoms with E-state index in [2.05, 4.69) is 10.6 Å². The summed E-state index contributed by atoms with van der Waals surface area (Å²) in [6.07, 6.45) is 2.89. The van der Waals surface area contributed by atoms with Crippen molar-refractivity contribution in [3.8, 4) is 0 Å². The van der Waals surface area contributed by atoms with E-state index in [9.17, 15) is 4.79 Å². The second-order valence-electron chi connectivity index (χ2n) is 5.13. The van der Waals surface area contributed by atoms with Crippen LogP contribution in [-0.2, 0) is 4.74 Å². The first-order valence-corrected chi connectivity index (χ1v) is 7.39. The fraction of sp³-hybridized carbons (Fsp3) is 0.615. The van der Waals surface area contributed by atoms with E-state index in [1.807, 2.05) is 16.8 Å². The fourth-order valence-electron chi connectivity index (χ4n) is 2.83. The lowest BCUT2D eigenvalue weighted by molar-refractivity contribution is -0.0732. The SMILES string of the molecule is O=C(N[C@@H]1CCO[C@]2(CCNC2)C1)c1ccsc1. The van der Waals surface area contributed by atoms with Crippen molar-refractivity contribution >= 4 is 17.2 Å². The van der Waals surface area contributed by atoms with Crippen molar-refractivity contribution in [3.63, 3.8) is 0 Å². The molecule has 2 saturated heterocycles. The molecule has 0 unspecified atom stereocenters. The number of carbonyl (C=O) groups is 1. The Bertz CT molecular complexity index is 413. The van der Waals surface area contributed by atoms with E-state index in [1.54, 1.807) is 11.3 Å². The van der Waals surface area contributed by atoms with Gasteiger partial charge in [0.15, 0.2) is 0 Å². The van der Waals surface area contributed by atoms with Crippen LogP contribution in [0.1, 0.15) is 29.6 Å². The summed E-state index contributed by atoms with van der Waals surface area (Å²) in [6.45, 7) is 2.68. The van der Waals surface area contributed by atoms with Crippen LogP contribution in [0.15, 0.2) is 16.8 Å². The first kappa shape index (κ1) is 12.1. The molecule has 0 aliphatic carbocycles. The van der Waals surface area contributed by atoms with Crippen molar-refractivity contribution in [2.24, 2.45) is 0 Å². The molecule has 1 aromatic rings. The number of hydrogen-bond acceptors (Lipinski definition) is 4. The predicted octanol–water partition coefficient (Wildman–Crippen LogP) is 1.39. The standard InChI is InChI=1S/C13H18N2O2S/c16-12(10-2-6-18-8-10)15-11-1-5-17-13(7-11)3-4-14-9-13/h2,6,8,11,14H,1,3-5,7,9H2,(H,15,16)/t11-,13-/m1/s1. The van der Waals surface area contributed by atoms with Gasteiger partial charge in [0.25, 0.3) is 5.91 Å². The third-order valence-corrected chi connectivity index (χ3v) is 4.50. The maximum Gasteiger partial charge on any atom is 0.252 e. The Morgan fingerprint density at radius 3 is 3.28 bits per heavy atom. The molecule has 0 saturated carbocycles. The van der Waals surface area contributed by atoms with Crippen molar-refractivity contribution in [2.45, 2.75) is 30.9 Å². The van der Waals surface area contributed by atoms with E-state index in [-0.39, 0.29) is 17.6 Å². The number of thiophene rings is 1. The van der Waals surface area contributed by atoms with Crippen LogP contribution in [0.2, 0.25) is 0 Å². The Morgan fingerprint density at radius 1 is 1.61 bits per heavy atom. The smallest absolute Gasteiger partial charge is 0.252 e. The first-order valence-electron chi connectivity index (χ1n) is 6.45. The van der Waals surface area contributed by atoms with E-state index in [1.165, 1.54) is 0 Å². The lowest BCUT2D eigenvalue weighted by Gasteiger charge is -2.37. The van der Waals surface area contributed by atoms with Gasteiger partial charge in [-0.1, -0.05) is 0 Å². The Morgan fingerprint density at radius 2 is 2.56 bits per heavy atom. The van der Waals surface area contributed by atoms with Gasteiger partial charge in [0.05, 0.1) is 5.60 Å². The van der Waals surface area contributed by atoms with Gasteiger partial charge in [-0.3, -0.25) is 4.79 Å². The van der Waals surface area contributed by atoms with Crippen molar-refractivity contribution < 1.29 is 9.53 Å². The van der Waals surface area contributed by atoms with Crippen molar-refractivity contribution in [3.05, 3.63) is 22.4 Å². The number of rotatable bonds is 2. The minimum Gasteiger partial charge on any atom is -0.373 e. The lowest BCUT2D eigenvalue weighted by Crippen LogP contribution is -2.49. The van der Waals surface area contributed by atoms with E-state index in [0.29, 0.717) is 0 Å². The summed E-state index contributed by atoms with van der Waals surface area (Å²) in [4.78, 5) is 12.0. The average Bonchev–Trinajstić information content (AvgIpc) is 3.01. The van der Waals surface area contributed by atoms with E-state index in [4.69, 9.17) is 4.74 Å². The minimum absolute atomic E-state index is 0.0369. The summed E-state index contributed by atoms with van der Waals surface area (Å²) in [5, 5.41) is 10.3. The normalized spacial score (nSPS) is 31.7. The van der Waals surface area contributed by atoms with Crippen LogP contribution in [0.25, 0.3) is 0 Å². The van der Waals surface area contributed by atoms with Crippen molar-refractivity contribution in [2.75, 3.05) is 19.7 Å². The molecule has 1 aromatic heterocycles. The largest absolute Gasteiger partial charge is 0.373 e. The van der Waals surface area contributed by atoms with Gasteiger partial charge in [-0.25, -0.2) is 0 Å².